The lowest BCUT2D eigenvalue weighted by atomic mass is 10.3. The Labute approximate surface area is 150 Å². The molecule has 1 rings (SSSR count). The Kier molecular flexibility index (Phi) is 12.3. The molecule has 1 aromatic carbocycles. The number of benzene rings is 1. The quantitative estimate of drug-likeness (QED) is 0.322. The fraction of sp³-hybridized carbons (Fsp3) is 0.611. The summed E-state index contributed by atoms with van der Waals surface area (Å²) in [6, 6.07) is 7.81. The lowest BCUT2D eigenvalue weighted by molar-refractivity contribution is 0.0699. The molecule has 0 atom stereocenters. The zero-order chi connectivity index (χ0) is 18.2. The summed E-state index contributed by atoms with van der Waals surface area (Å²) in [6.45, 7) is 4.05. The van der Waals surface area contributed by atoms with E-state index in [1.54, 1.807) is 21.3 Å². The van der Waals surface area contributed by atoms with Crippen molar-refractivity contribution in [1.29, 1.82) is 0 Å². The molecule has 1 aromatic rings. The number of hydrogen-bond donors (Lipinski definition) is 2. The van der Waals surface area contributed by atoms with E-state index in [-0.39, 0.29) is 0 Å². The Bertz CT molecular complexity index is 483. The van der Waals surface area contributed by atoms with Crippen LogP contribution in [0, 0.1) is 0 Å². The first-order valence-corrected chi connectivity index (χ1v) is 8.56. The van der Waals surface area contributed by atoms with E-state index in [2.05, 4.69) is 15.6 Å². The van der Waals surface area contributed by atoms with Gasteiger partial charge in [-0.3, -0.25) is 4.99 Å². The largest absolute Gasteiger partial charge is 0.493 e. The molecule has 0 radical (unpaired) electrons. The molecule has 0 aromatic heterocycles. The van der Waals surface area contributed by atoms with Gasteiger partial charge in [-0.05, 0) is 18.6 Å². The summed E-state index contributed by atoms with van der Waals surface area (Å²) in [5, 5.41) is 6.51. The summed E-state index contributed by atoms with van der Waals surface area (Å²) >= 11 is 0. The molecule has 142 valence electrons. The van der Waals surface area contributed by atoms with Gasteiger partial charge in [-0.25, -0.2) is 0 Å². The number of aliphatic imine (C=N–C) groups is 1. The van der Waals surface area contributed by atoms with Crippen molar-refractivity contribution in [2.45, 2.75) is 12.8 Å². The first kappa shape index (κ1) is 21.2. The van der Waals surface area contributed by atoms with E-state index in [1.165, 1.54) is 0 Å². The average molecular weight is 353 g/mol. The highest BCUT2D eigenvalue weighted by molar-refractivity contribution is 5.93. The number of methoxy groups -OCH3 is 2. The lowest BCUT2D eigenvalue weighted by Crippen LogP contribution is -2.32. The van der Waals surface area contributed by atoms with Gasteiger partial charge in [0.2, 0.25) is 0 Å². The van der Waals surface area contributed by atoms with Crippen LogP contribution in [0.4, 0.5) is 5.69 Å². The third-order valence-corrected chi connectivity index (χ3v) is 3.27. The van der Waals surface area contributed by atoms with Crippen LogP contribution in [0.3, 0.4) is 0 Å². The second kappa shape index (κ2) is 14.5. The van der Waals surface area contributed by atoms with Crippen LogP contribution in [0.1, 0.15) is 12.8 Å². The van der Waals surface area contributed by atoms with Crippen LogP contribution in [0.5, 0.6) is 5.75 Å². The van der Waals surface area contributed by atoms with E-state index in [0.717, 1.165) is 30.8 Å². The zero-order valence-corrected chi connectivity index (χ0v) is 15.5. The van der Waals surface area contributed by atoms with Crippen LogP contribution in [0.15, 0.2) is 29.3 Å². The average Bonchev–Trinajstić information content (AvgIpc) is 2.64. The minimum absolute atomic E-state index is 0.626. The van der Waals surface area contributed by atoms with Crippen LogP contribution in [0.25, 0.3) is 0 Å². The third-order valence-electron chi connectivity index (χ3n) is 3.27. The van der Waals surface area contributed by atoms with Crippen LogP contribution in [-0.4, -0.2) is 66.8 Å². The first-order valence-electron chi connectivity index (χ1n) is 8.56. The van der Waals surface area contributed by atoms with Gasteiger partial charge in [-0.2, -0.15) is 0 Å². The number of nitrogens with zero attached hydrogens (tertiary/aromatic N) is 1. The predicted octanol–water partition coefficient (Wildman–Crippen LogP) is 2.14. The topological polar surface area (TPSA) is 73.3 Å². The molecule has 7 heteroatoms. The minimum Gasteiger partial charge on any atom is -0.493 e. The van der Waals surface area contributed by atoms with Crippen molar-refractivity contribution < 1.29 is 18.9 Å². The molecular formula is C18H31N3O4. The van der Waals surface area contributed by atoms with Gasteiger partial charge in [0.05, 0.1) is 19.8 Å². The highest BCUT2D eigenvalue weighted by Gasteiger charge is 2.01. The molecule has 0 aliphatic rings. The number of guanidine groups is 1. The molecular weight excluding hydrogens is 322 g/mol. The van der Waals surface area contributed by atoms with E-state index in [9.17, 15) is 0 Å². The molecule has 0 heterocycles. The maximum atomic E-state index is 5.70. The summed E-state index contributed by atoms with van der Waals surface area (Å²) in [5.41, 5.74) is 0.925. The molecule has 0 unspecified atom stereocenters. The van der Waals surface area contributed by atoms with Crippen molar-refractivity contribution >= 4 is 11.6 Å². The van der Waals surface area contributed by atoms with E-state index >= 15 is 0 Å². The molecule has 0 saturated heterocycles. The van der Waals surface area contributed by atoms with Crippen molar-refractivity contribution in [3.63, 3.8) is 0 Å². The van der Waals surface area contributed by atoms with Crippen LogP contribution in [0.2, 0.25) is 0 Å². The minimum atomic E-state index is 0.626. The van der Waals surface area contributed by atoms with Gasteiger partial charge in [-0.1, -0.05) is 6.07 Å². The Morgan fingerprint density at radius 1 is 1.00 bits per heavy atom. The Balaban J connectivity index is 2.29. The van der Waals surface area contributed by atoms with Crippen LogP contribution in [-0.2, 0) is 14.2 Å². The number of anilines is 1. The van der Waals surface area contributed by atoms with Crippen LogP contribution >= 0.6 is 0 Å². The number of hydrogen-bond acceptors (Lipinski definition) is 5. The summed E-state index contributed by atoms with van der Waals surface area (Å²) < 4.78 is 21.1. The molecule has 0 saturated carbocycles. The van der Waals surface area contributed by atoms with E-state index in [4.69, 9.17) is 18.9 Å². The molecule has 25 heavy (non-hydrogen) atoms. The van der Waals surface area contributed by atoms with Crippen molar-refractivity contribution in [2.24, 2.45) is 4.99 Å². The highest BCUT2D eigenvalue weighted by atomic mass is 16.5. The van der Waals surface area contributed by atoms with Crippen LogP contribution < -0.4 is 15.4 Å². The Morgan fingerprint density at radius 2 is 1.84 bits per heavy atom. The number of nitrogens with one attached hydrogen (secondary N) is 2. The van der Waals surface area contributed by atoms with E-state index in [1.807, 2.05) is 24.3 Å². The van der Waals surface area contributed by atoms with Gasteiger partial charge in [0, 0.05) is 59.2 Å². The molecule has 0 aliphatic carbocycles. The van der Waals surface area contributed by atoms with Crippen molar-refractivity contribution in [1.82, 2.24) is 5.32 Å². The summed E-state index contributed by atoms with van der Waals surface area (Å²) in [4.78, 5) is 4.22. The standard InChI is InChI=1S/C18H31N3O4/c1-19-18(20-9-5-11-24-14-13-23-3)21-16-7-4-8-17(15-16)25-12-6-10-22-2/h4,7-8,15H,5-6,9-14H2,1-3H3,(H2,19,20,21). The first-order chi connectivity index (χ1) is 12.3. The van der Waals surface area contributed by atoms with Crippen molar-refractivity contribution in [2.75, 3.05) is 66.2 Å². The number of rotatable bonds is 13. The summed E-state index contributed by atoms with van der Waals surface area (Å²) in [6.07, 6.45) is 1.76. The number of ether oxygens (including phenoxy) is 4. The smallest absolute Gasteiger partial charge is 0.195 e. The molecule has 0 bridgehead atoms. The second-order valence-electron chi connectivity index (χ2n) is 5.31. The molecule has 0 fully saturated rings. The van der Waals surface area contributed by atoms with E-state index in [0.29, 0.717) is 39.0 Å². The van der Waals surface area contributed by atoms with E-state index < -0.39 is 0 Å². The SMILES string of the molecule is CN=C(NCCCOCCOC)Nc1cccc(OCCCOC)c1. The van der Waals surface area contributed by atoms with Gasteiger partial charge < -0.3 is 29.6 Å². The molecule has 0 amide bonds. The molecule has 0 aliphatic heterocycles. The van der Waals surface area contributed by atoms with Crippen molar-refractivity contribution in [3.05, 3.63) is 24.3 Å². The van der Waals surface area contributed by atoms with Gasteiger partial charge in [0.1, 0.15) is 5.75 Å². The molecule has 2 N–H and O–H groups in total. The van der Waals surface area contributed by atoms with Gasteiger partial charge in [-0.15, -0.1) is 0 Å². The lowest BCUT2D eigenvalue weighted by Gasteiger charge is -2.13. The molecule has 0 spiro atoms. The normalized spacial score (nSPS) is 11.4. The van der Waals surface area contributed by atoms with Gasteiger partial charge >= 0.3 is 0 Å². The Hall–Kier alpha value is -1.83. The third kappa shape index (κ3) is 10.6. The maximum absolute atomic E-state index is 5.70. The fourth-order valence-electron chi connectivity index (χ4n) is 2.00. The molecule has 7 nitrogen and oxygen atoms in total. The second-order valence-corrected chi connectivity index (χ2v) is 5.31. The summed E-state index contributed by atoms with van der Waals surface area (Å²) in [7, 11) is 5.10. The van der Waals surface area contributed by atoms with Gasteiger partial charge in [0.25, 0.3) is 0 Å². The Morgan fingerprint density at radius 3 is 2.60 bits per heavy atom. The predicted molar refractivity (Wildman–Crippen MR) is 101 cm³/mol. The summed E-state index contributed by atoms with van der Waals surface area (Å²) in [5.74, 6) is 1.54. The fourth-order valence-corrected chi connectivity index (χ4v) is 2.00. The zero-order valence-electron chi connectivity index (χ0n) is 15.5. The monoisotopic (exact) mass is 353 g/mol. The van der Waals surface area contributed by atoms with Crippen molar-refractivity contribution in [3.8, 4) is 5.75 Å². The maximum Gasteiger partial charge on any atom is 0.195 e. The highest BCUT2D eigenvalue weighted by Crippen LogP contribution is 2.17. The van der Waals surface area contributed by atoms with Gasteiger partial charge in [0.15, 0.2) is 5.96 Å².